The number of amides is 3. The van der Waals surface area contributed by atoms with Crippen LogP contribution in [-0.2, 0) is 38.1 Å². The number of ether oxygens (including phenoxy) is 2. The van der Waals surface area contributed by atoms with E-state index in [4.69, 9.17) is 9.47 Å². The molecule has 2 saturated carbocycles. The van der Waals surface area contributed by atoms with Gasteiger partial charge in [0.15, 0.2) is 0 Å². The van der Waals surface area contributed by atoms with Crippen LogP contribution in [0.15, 0.2) is 36.4 Å². The Balaban J connectivity index is 0.727. The Morgan fingerprint density at radius 3 is 1.37 bits per heavy atom. The lowest BCUT2D eigenvalue weighted by Crippen LogP contribution is -2.55. The normalized spacial score (nSPS) is 24.7. The van der Waals surface area contributed by atoms with Crippen molar-refractivity contribution in [2.45, 2.75) is 239 Å². The zero-order valence-electron chi connectivity index (χ0n) is 48.0. The van der Waals surface area contributed by atoms with Crippen molar-refractivity contribution in [3.05, 3.63) is 58.7 Å². The summed E-state index contributed by atoms with van der Waals surface area (Å²) in [6.07, 6.45) is 30.9. The Hall–Kier alpha value is -3.96. The number of esters is 1. The quantitative estimate of drug-likeness (QED) is 0.0270. The molecule has 2 fully saturated rings. The molecule has 0 aliphatic heterocycles. The van der Waals surface area contributed by atoms with Crippen molar-refractivity contribution in [1.29, 1.82) is 0 Å². The number of hydrogen-bond acceptors (Lipinski definition) is 8. The Labute approximate surface area is 454 Å². The SMILES string of the molecule is CCCCCNC(=O)[C@@]1(C)CCC[C@]2(C)c3cc(OC(=O)CCCNCCCCCCCCCCCCNCCCNC(=O)Oc4ccc5c(c4)[C@@]4(C)CCC[C@](C)(C(=O)NCCCCC)[C@@H]4CC5)ccc3CC[C@@H]12. The van der Waals surface area contributed by atoms with Gasteiger partial charge in [0.1, 0.15) is 11.5 Å². The first-order valence-electron chi connectivity index (χ1n) is 30.7. The number of fused-ring (bicyclic) bond motifs is 6. The van der Waals surface area contributed by atoms with Crippen molar-refractivity contribution in [2.75, 3.05) is 45.8 Å². The largest absolute Gasteiger partial charge is 0.427 e. The molecule has 0 radical (unpaired) electrons. The molecule has 11 heteroatoms. The van der Waals surface area contributed by atoms with Gasteiger partial charge in [0, 0.05) is 26.1 Å². The third kappa shape index (κ3) is 16.5. The average Bonchev–Trinajstić information content (AvgIpc) is 3.39. The predicted molar refractivity (Wildman–Crippen MR) is 306 cm³/mol. The van der Waals surface area contributed by atoms with Crippen LogP contribution in [0.4, 0.5) is 4.79 Å². The number of nitrogens with one attached hydrogen (secondary N) is 5. The van der Waals surface area contributed by atoms with E-state index in [9.17, 15) is 19.2 Å². The molecule has 3 amide bonds. The third-order valence-corrected chi connectivity index (χ3v) is 18.8. The zero-order valence-corrected chi connectivity index (χ0v) is 48.0. The van der Waals surface area contributed by atoms with Crippen LogP contribution in [0.3, 0.4) is 0 Å². The molecule has 75 heavy (non-hydrogen) atoms. The minimum absolute atomic E-state index is 0.108. The van der Waals surface area contributed by atoms with Gasteiger partial charge in [-0.25, -0.2) is 4.79 Å². The molecule has 6 atom stereocenters. The predicted octanol–water partition coefficient (Wildman–Crippen LogP) is 13.3. The molecular weight excluding hydrogens is 935 g/mol. The highest BCUT2D eigenvalue weighted by Gasteiger charge is 2.56. The summed E-state index contributed by atoms with van der Waals surface area (Å²) in [5.74, 6) is 2.00. The minimum atomic E-state index is -0.409. The van der Waals surface area contributed by atoms with Crippen LogP contribution < -0.4 is 36.1 Å². The Kier molecular flexibility index (Phi) is 24.3. The molecule has 11 nitrogen and oxygen atoms in total. The van der Waals surface area contributed by atoms with Gasteiger partial charge in [-0.3, -0.25) is 14.4 Å². The number of carbonyl (C=O) groups is 4. The van der Waals surface area contributed by atoms with Crippen LogP contribution in [0.1, 0.15) is 237 Å². The number of unbranched alkanes of at least 4 members (excludes halogenated alkanes) is 13. The summed E-state index contributed by atoms with van der Waals surface area (Å²) in [5, 5.41) is 16.6. The Morgan fingerprint density at radius 2 is 0.893 bits per heavy atom. The van der Waals surface area contributed by atoms with Crippen molar-refractivity contribution < 1.29 is 28.7 Å². The van der Waals surface area contributed by atoms with Crippen LogP contribution in [0.2, 0.25) is 0 Å². The minimum Gasteiger partial charge on any atom is -0.427 e. The summed E-state index contributed by atoms with van der Waals surface area (Å²) in [5.41, 5.74) is 4.18. The van der Waals surface area contributed by atoms with E-state index in [0.29, 0.717) is 24.5 Å². The lowest BCUT2D eigenvalue weighted by Gasteiger charge is -2.54. The summed E-state index contributed by atoms with van der Waals surface area (Å²) in [6, 6.07) is 12.4. The molecule has 0 spiro atoms. The van der Waals surface area contributed by atoms with Crippen LogP contribution in [0.5, 0.6) is 11.5 Å². The van der Waals surface area contributed by atoms with Crippen molar-refractivity contribution in [3.8, 4) is 11.5 Å². The number of aryl methyl sites for hydroxylation is 2. The fraction of sp³-hybridized carbons (Fsp3) is 0.750. The van der Waals surface area contributed by atoms with Crippen molar-refractivity contribution in [1.82, 2.24) is 26.6 Å². The summed E-state index contributed by atoms with van der Waals surface area (Å²) in [6.45, 7) is 19.2. The van der Waals surface area contributed by atoms with Gasteiger partial charge in [-0.1, -0.05) is 144 Å². The summed E-state index contributed by atoms with van der Waals surface area (Å²) in [4.78, 5) is 52.9. The fourth-order valence-electron chi connectivity index (χ4n) is 14.4. The van der Waals surface area contributed by atoms with Gasteiger partial charge in [0.05, 0.1) is 10.8 Å². The van der Waals surface area contributed by atoms with Crippen LogP contribution in [0, 0.1) is 22.7 Å². The highest BCUT2D eigenvalue weighted by atomic mass is 16.6. The smallest absolute Gasteiger partial charge is 0.412 e. The Bertz CT molecular complexity index is 1970. The second-order valence-electron chi connectivity index (χ2n) is 24.4. The molecule has 0 aromatic heterocycles. The molecule has 0 unspecified atom stereocenters. The van der Waals surface area contributed by atoms with E-state index < -0.39 is 11.5 Å². The maximum atomic E-state index is 13.6. The molecule has 4 aliphatic carbocycles. The van der Waals surface area contributed by atoms with E-state index in [1.54, 1.807) is 0 Å². The van der Waals surface area contributed by atoms with Crippen LogP contribution in [-0.4, -0.2) is 69.7 Å². The molecule has 6 rings (SSSR count). The lowest BCUT2D eigenvalue weighted by atomic mass is 9.49. The highest BCUT2D eigenvalue weighted by Crippen LogP contribution is 2.59. The molecule has 4 aliphatic rings. The number of rotatable bonds is 33. The Morgan fingerprint density at radius 1 is 0.480 bits per heavy atom. The van der Waals surface area contributed by atoms with Gasteiger partial charge in [-0.15, -0.1) is 0 Å². The first kappa shape index (κ1) is 60.3. The van der Waals surface area contributed by atoms with Gasteiger partial charge in [0.2, 0.25) is 11.8 Å². The fourth-order valence-corrected chi connectivity index (χ4v) is 14.4. The van der Waals surface area contributed by atoms with Crippen LogP contribution >= 0.6 is 0 Å². The molecule has 2 aromatic rings. The van der Waals surface area contributed by atoms with Crippen molar-refractivity contribution >= 4 is 23.9 Å². The topological polar surface area (TPSA) is 147 Å². The standard InChI is InChI=1S/C64H103N5O6/c1-7-9-19-44-67-58(71)63(5)38-24-36-61(3)53-47-51(32-28-49(53)30-34-55(61)63)74-57(70)27-23-42-65-40-21-17-15-13-11-12-14-16-18-22-41-66-43-26-46-69-60(73)75-52-33-29-50-31-35-56-62(4,54(50)48-52)37-25-39-64(56,6)59(72)68-45-20-10-8-2/h28-29,32-33,47-48,55-56,65-66H,7-27,30-31,34-46H2,1-6H3,(H,67,71)(H,68,72)(H,69,73)/t55-,56-,61-,62-,63+,64+/m1/s1. The number of carbonyl (C=O) groups excluding carboxylic acids is 4. The van der Waals surface area contributed by atoms with Crippen molar-refractivity contribution in [2.24, 2.45) is 22.7 Å². The lowest BCUT2D eigenvalue weighted by molar-refractivity contribution is -0.139. The highest BCUT2D eigenvalue weighted by molar-refractivity contribution is 5.84. The van der Waals surface area contributed by atoms with E-state index in [2.05, 4.69) is 92.4 Å². The van der Waals surface area contributed by atoms with Crippen LogP contribution in [0.25, 0.3) is 0 Å². The second kappa shape index (κ2) is 30.3. The van der Waals surface area contributed by atoms with Gasteiger partial charge >= 0.3 is 12.1 Å². The monoisotopic (exact) mass is 1040 g/mol. The van der Waals surface area contributed by atoms with Gasteiger partial charge in [-0.2, -0.15) is 0 Å². The van der Waals surface area contributed by atoms with E-state index in [1.165, 1.54) is 86.5 Å². The maximum Gasteiger partial charge on any atom is 0.412 e. The average molecular weight is 1040 g/mol. The van der Waals surface area contributed by atoms with Gasteiger partial charge in [0.25, 0.3) is 0 Å². The summed E-state index contributed by atoms with van der Waals surface area (Å²) < 4.78 is 11.7. The molecule has 420 valence electrons. The molecule has 0 saturated heterocycles. The van der Waals surface area contributed by atoms with Gasteiger partial charge in [-0.05, 0) is 185 Å². The summed E-state index contributed by atoms with van der Waals surface area (Å²) >= 11 is 0. The molecule has 2 aromatic carbocycles. The summed E-state index contributed by atoms with van der Waals surface area (Å²) in [7, 11) is 0. The molecule has 0 bridgehead atoms. The van der Waals surface area contributed by atoms with E-state index >= 15 is 0 Å². The second-order valence-corrected chi connectivity index (χ2v) is 24.4. The first-order valence-corrected chi connectivity index (χ1v) is 30.7. The molecule has 5 N–H and O–H groups in total. The number of benzene rings is 2. The molecule has 0 heterocycles. The first-order chi connectivity index (χ1) is 36.3. The third-order valence-electron chi connectivity index (χ3n) is 18.8. The maximum absolute atomic E-state index is 13.6. The van der Waals surface area contributed by atoms with E-state index in [0.717, 1.165) is 155 Å². The van der Waals surface area contributed by atoms with E-state index in [-0.39, 0.29) is 45.9 Å². The van der Waals surface area contributed by atoms with Gasteiger partial charge < -0.3 is 36.1 Å². The van der Waals surface area contributed by atoms with E-state index in [1.807, 2.05) is 12.1 Å². The van der Waals surface area contributed by atoms with Crippen molar-refractivity contribution in [3.63, 3.8) is 0 Å². The number of hydrogen-bond donors (Lipinski definition) is 5. The molecular formula is C64H103N5O6. The zero-order chi connectivity index (χ0) is 53.6.